The molecule has 0 aliphatic heterocycles. The number of hydrogen-bond donors (Lipinski definition) is 1. The molecule has 7 nitrogen and oxygen atoms in total. The van der Waals surface area contributed by atoms with E-state index in [2.05, 4.69) is 15.4 Å². The van der Waals surface area contributed by atoms with Crippen LogP contribution in [-0.4, -0.2) is 33.9 Å². The number of esters is 1. The molecule has 0 bridgehead atoms. The average Bonchev–Trinajstić information content (AvgIpc) is 2.94. The van der Waals surface area contributed by atoms with Crippen molar-refractivity contribution in [2.75, 3.05) is 18.5 Å². The SMILES string of the molecule is Cc1cc(C(=O)OCCNc2ncccc2C#N)nn1C(C)(C)C. The molecule has 0 aliphatic rings. The van der Waals surface area contributed by atoms with Gasteiger partial charge in [-0.25, -0.2) is 9.78 Å². The number of aryl methyl sites for hydroxylation is 1. The first-order valence-electron chi connectivity index (χ1n) is 7.66. The molecule has 2 aromatic rings. The molecule has 0 fully saturated rings. The Morgan fingerprint density at radius 1 is 1.46 bits per heavy atom. The van der Waals surface area contributed by atoms with Gasteiger partial charge in [0.1, 0.15) is 18.5 Å². The Morgan fingerprint density at radius 2 is 2.21 bits per heavy atom. The summed E-state index contributed by atoms with van der Waals surface area (Å²) >= 11 is 0. The molecular formula is C17H21N5O2. The summed E-state index contributed by atoms with van der Waals surface area (Å²) < 4.78 is 7.02. The van der Waals surface area contributed by atoms with E-state index in [1.165, 1.54) is 0 Å². The number of carbonyl (C=O) groups excluding carboxylic acids is 1. The number of hydrogen-bond acceptors (Lipinski definition) is 6. The van der Waals surface area contributed by atoms with Gasteiger partial charge in [0.25, 0.3) is 0 Å². The number of pyridine rings is 1. The van der Waals surface area contributed by atoms with Gasteiger partial charge in [0, 0.05) is 11.9 Å². The van der Waals surface area contributed by atoms with E-state index < -0.39 is 5.97 Å². The van der Waals surface area contributed by atoms with Crippen molar-refractivity contribution in [3.05, 3.63) is 41.3 Å². The number of ether oxygens (including phenoxy) is 1. The number of nitrogens with zero attached hydrogens (tertiary/aromatic N) is 4. The highest BCUT2D eigenvalue weighted by atomic mass is 16.5. The van der Waals surface area contributed by atoms with E-state index in [0.717, 1.165) is 5.69 Å². The molecule has 2 aromatic heterocycles. The Labute approximate surface area is 141 Å². The topological polar surface area (TPSA) is 92.8 Å². The zero-order chi connectivity index (χ0) is 17.7. The van der Waals surface area contributed by atoms with Gasteiger partial charge in [-0.15, -0.1) is 0 Å². The lowest BCUT2D eigenvalue weighted by atomic mass is 10.1. The van der Waals surface area contributed by atoms with Crippen LogP contribution in [0.4, 0.5) is 5.82 Å². The first-order valence-corrected chi connectivity index (χ1v) is 7.66. The Balaban J connectivity index is 1.89. The van der Waals surface area contributed by atoms with Crippen molar-refractivity contribution in [3.8, 4) is 6.07 Å². The number of carbonyl (C=O) groups is 1. The molecule has 0 saturated carbocycles. The summed E-state index contributed by atoms with van der Waals surface area (Å²) in [4.78, 5) is 16.2. The van der Waals surface area contributed by atoms with Crippen molar-refractivity contribution in [1.29, 1.82) is 5.26 Å². The molecule has 0 aromatic carbocycles. The number of anilines is 1. The maximum absolute atomic E-state index is 12.1. The van der Waals surface area contributed by atoms with Gasteiger partial charge >= 0.3 is 5.97 Å². The molecule has 0 atom stereocenters. The molecule has 2 heterocycles. The number of nitriles is 1. The highest BCUT2D eigenvalue weighted by Gasteiger charge is 2.20. The molecule has 7 heteroatoms. The summed E-state index contributed by atoms with van der Waals surface area (Å²) in [6.45, 7) is 8.47. The zero-order valence-electron chi connectivity index (χ0n) is 14.3. The smallest absolute Gasteiger partial charge is 0.358 e. The van der Waals surface area contributed by atoms with Crippen molar-refractivity contribution >= 4 is 11.8 Å². The van der Waals surface area contributed by atoms with Crippen molar-refractivity contribution in [2.24, 2.45) is 0 Å². The van der Waals surface area contributed by atoms with Crippen LogP contribution in [0.2, 0.25) is 0 Å². The Morgan fingerprint density at radius 3 is 2.83 bits per heavy atom. The third kappa shape index (κ3) is 4.10. The maximum atomic E-state index is 12.1. The minimum atomic E-state index is -0.468. The highest BCUT2D eigenvalue weighted by molar-refractivity contribution is 5.87. The molecular weight excluding hydrogens is 306 g/mol. The van der Waals surface area contributed by atoms with E-state index in [-0.39, 0.29) is 17.8 Å². The standard InChI is InChI=1S/C17H21N5O2/c1-12-10-14(21-22(12)17(2,3)4)16(23)24-9-8-20-15-13(11-18)6-5-7-19-15/h5-7,10H,8-9H2,1-4H3,(H,19,20). The van der Waals surface area contributed by atoms with E-state index in [1.54, 1.807) is 29.1 Å². The number of rotatable bonds is 5. The second-order valence-corrected chi connectivity index (χ2v) is 6.33. The molecule has 24 heavy (non-hydrogen) atoms. The lowest BCUT2D eigenvalue weighted by Gasteiger charge is -2.21. The van der Waals surface area contributed by atoms with Gasteiger partial charge < -0.3 is 10.1 Å². The monoisotopic (exact) mass is 327 g/mol. The van der Waals surface area contributed by atoms with Gasteiger partial charge in [-0.2, -0.15) is 10.4 Å². The second-order valence-electron chi connectivity index (χ2n) is 6.33. The molecule has 0 unspecified atom stereocenters. The van der Waals surface area contributed by atoms with Crippen LogP contribution >= 0.6 is 0 Å². The van der Waals surface area contributed by atoms with Crippen LogP contribution in [0.25, 0.3) is 0 Å². The van der Waals surface area contributed by atoms with Crippen molar-refractivity contribution < 1.29 is 9.53 Å². The minimum absolute atomic E-state index is 0.154. The van der Waals surface area contributed by atoms with Crippen LogP contribution in [0.15, 0.2) is 24.4 Å². The van der Waals surface area contributed by atoms with Crippen molar-refractivity contribution in [3.63, 3.8) is 0 Å². The fourth-order valence-corrected chi connectivity index (χ4v) is 2.28. The summed E-state index contributed by atoms with van der Waals surface area (Å²) in [6.07, 6.45) is 1.59. The van der Waals surface area contributed by atoms with Crippen LogP contribution in [-0.2, 0) is 10.3 Å². The van der Waals surface area contributed by atoms with Gasteiger partial charge in [-0.05, 0) is 45.9 Å². The fourth-order valence-electron chi connectivity index (χ4n) is 2.28. The van der Waals surface area contributed by atoms with Gasteiger partial charge in [0.15, 0.2) is 5.69 Å². The second kappa shape index (κ2) is 7.13. The molecule has 0 spiro atoms. The van der Waals surface area contributed by atoms with E-state index in [9.17, 15) is 4.79 Å². The van der Waals surface area contributed by atoms with Crippen LogP contribution in [0, 0.1) is 18.3 Å². The van der Waals surface area contributed by atoms with Crippen molar-refractivity contribution in [2.45, 2.75) is 33.2 Å². The normalized spacial score (nSPS) is 11.0. The molecule has 126 valence electrons. The maximum Gasteiger partial charge on any atom is 0.358 e. The number of nitrogens with one attached hydrogen (secondary N) is 1. The summed E-state index contributed by atoms with van der Waals surface area (Å²) in [5.41, 5.74) is 1.44. The van der Waals surface area contributed by atoms with E-state index in [4.69, 9.17) is 10.00 Å². The lowest BCUT2D eigenvalue weighted by Crippen LogP contribution is -2.25. The van der Waals surface area contributed by atoms with Gasteiger partial charge in [0.2, 0.25) is 0 Å². The highest BCUT2D eigenvalue weighted by Crippen LogP contribution is 2.17. The predicted molar refractivity (Wildman–Crippen MR) is 89.7 cm³/mol. The predicted octanol–water partition coefficient (Wildman–Crippen LogP) is 2.48. The molecule has 1 N–H and O–H groups in total. The summed E-state index contributed by atoms with van der Waals surface area (Å²) in [6, 6.07) is 7.13. The van der Waals surface area contributed by atoms with E-state index in [0.29, 0.717) is 17.9 Å². The largest absolute Gasteiger partial charge is 0.459 e. The minimum Gasteiger partial charge on any atom is -0.459 e. The first kappa shape index (κ1) is 17.5. The van der Waals surface area contributed by atoms with Gasteiger partial charge in [0.05, 0.1) is 17.6 Å². The average molecular weight is 327 g/mol. The quantitative estimate of drug-likeness (QED) is 0.670. The number of aromatic nitrogens is 3. The summed E-state index contributed by atoms with van der Waals surface area (Å²) in [7, 11) is 0. The Bertz CT molecular complexity index is 768. The first-order chi connectivity index (χ1) is 11.3. The molecule has 0 aliphatic carbocycles. The van der Waals surface area contributed by atoms with Gasteiger partial charge in [-0.1, -0.05) is 0 Å². The molecule has 2 rings (SSSR count). The Hall–Kier alpha value is -2.88. The Kier molecular flexibility index (Phi) is 5.19. The van der Waals surface area contributed by atoms with E-state index >= 15 is 0 Å². The fraction of sp³-hybridized carbons (Fsp3) is 0.412. The van der Waals surface area contributed by atoms with Crippen LogP contribution in [0.5, 0.6) is 0 Å². The van der Waals surface area contributed by atoms with Crippen LogP contribution in [0.3, 0.4) is 0 Å². The van der Waals surface area contributed by atoms with Gasteiger partial charge in [-0.3, -0.25) is 4.68 Å². The molecule has 0 radical (unpaired) electrons. The molecule has 0 saturated heterocycles. The van der Waals surface area contributed by atoms with E-state index in [1.807, 2.05) is 33.8 Å². The van der Waals surface area contributed by atoms with Crippen molar-refractivity contribution in [1.82, 2.24) is 14.8 Å². The summed E-state index contributed by atoms with van der Waals surface area (Å²) in [5.74, 6) is 0.00771. The summed E-state index contributed by atoms with van der Waals surface area (Å²) in [5, 5.41) is 16.3. The van der Waals surface area contributed by atoms with Crippen LogP contribution < -0.4 is 5.32 Å². The third-order valence-corrected chi connectivity index (χ3v) is 3.29. The lowest BCUT2D eigenvalue weighted by molar-refractivity contribution is 0.0512. The van der Waals surface area contributed by atoms with Crippen LogP contribution in [0.1, 0.15) is 42.5 Å². The zero-order valence-corrected chi connectivity index (χ0v) is 14.3. The molecule has 0 amide bonds. The third-order valence-electron chi connectivity index (χ3n) is 3.29.